The molecule has 8 nitrogen and oxygen atoms in total. The second-order valence-electron chi connectivity index (χ2n) is 8.99. The lowest BCUT2D eigenvalue weighted by Crippen LogP contribution is -2.31. The molecule has 1 aliphatic rings. The molecule has 1 aliphatic heterocycles. The number of Topliss-reactive ketones (excluding diaryl/α,β-unsaturated/α-hetero) is 1. The van der Waals surface area contributed by atoms with Crippen molar-refractivity contribution in [2.24, 2.45) is 0 Å². The molecular weight excluding hydrogens is 462 g/mol. The van der Waals surface area contributed by atoms with Crippen molar-refractivity contribution >= 4 is 17.4 Å². The molecule has 194 valence electrons. The van der Waals surface area contributed by atoms with E-state index in [0.717, 1.165) is 11.1 Å². The Hall–Kier alpha value is -3.52. The van der Waals surface area contributed by atoms with Crippen LogP contribution in [0.4, 0.5) is 0 Å². The van der Waals surface area contributed by atoms with Crippen molar-refractivity contribution in [1.82, 2.24) is 4.90 Å². The smallest absolute Gasteiger partial charge is 0.295 e. The van der Waals surface area contributed by atoms with Crippen LogP contribution in [0.5, 0.6) is 17.2 Å². The van der Waals surface area contributed by atoms with Crippen LogP contribution < -0.4 is 14.2 Å². The summed E-state index contributed by atoms with van der Waals surface area (Å²) in [5.74, 6) is -0.00891. The average molecular weight is 498 g/mol. The molecule has 0 bridgehead atoms. The maximum absolute atomic E-state index is 13.4. The summed E-state index contributed by atoms with van der Waals surface area (Å²) in [5, 5.41) is 11.6. The molecule has 0 spiro atoms. The molecule has 36 heavy (non-hydrogen) atoms. The lowest BCUT2D eigenvalue weighted by atomic mass is 9.90. The van der Waals surface area contributed by atoms with Gasteiger partial charge in [0.2, 0.25) is 0 Å². The Labute approximate surface area is 212 Å². The Bertz CT molecular complexity index is 1170. The van der Waals surface area contributed by atoms with Gasteiger partial charge in [0, 0.05) is 31.4 Å². The van der Waals surface area contributed by atoms with Crippen molar-refractivity contribution in [2.75, 3.05) is 41.6 Å². The maximum atomic E-state index is 13.4. The normalized spacial score (nSPS) is 17.1. The first kappa shape index (κ1) is 27.1. The van der Waals surface area contributed by atoms with Crippen LogP contribution in [-0.2, 0) is 14.3 Å². The maximum Gasteiger partial charge on any atom is 0.295 e. The minimum absolute atomic E-state index is 0.00643. The Morgan fingerprint density at radius 3 is 2.31 bits per heavy atom. The lowest BCUT2D eigenvalue weighted by molar-refractivity contribution is -0.140. The molecule has 1 fully saturated rings. The summed E-state index contributed by atoms with van der Waals surface area (Å²) in [6.45, 7) is 6.55. The van der Waals surface area contributed by atoms with Gasteiger partial charge in [0.15, 0.2) is 11.5 Å². The van der Waals surface area contributed by atoms with Gasteiger partial charge in [-0.05, 0) is 48.6 Å². The summed E-state index contributed by atoms with van der Waals surface area (Å²) >= 11 is 0. The minimum Gasteiger partial charge on any atom is -0.507 e. The summed E-state index contributed by atoms with van der Waals surface area (Å²) in [6, 6.07) is 8.07. The van der Waals surface area contributed by atoms with Gasteiger partial charge in [-0.25, -0.2) is 0 Å². The van der Waals surface area contributed by atoms with E-state index in [-0.39, 0.29) is 23.8 Å². The van der Waals surface area contributed by atoms with Gasteiger partial charge in [0.05, 0.1) is 32.9 Å². The van der Waals surface area contributed by atoms with E-state index in [9.17, 15) is 14.7 Å². The van der Waals surface area contributed by atoms with Crippen molar-refractivity contribution in [3.8, 4) is 17.2 Å². The fraction of sp³-hybridized carbons (Fsp3) is 0.429. The monoisotopic (exact) mass is 497 g/mol. The molecule has 8 heteroatoms. The van der Waals surface area contributed by atoms with E-state index in [2.05, 4.69) is 0 Å². The third-order valence-corrected chi connectivity index (χ3v) is 6.47. The van der Waals surface area contributed by atoms with Crippen LogP contribution in [0.1, 0.15) is 54.5 Å². The van der Waals surface area contributed by atoms with Crippen LogP contribution in [0.15, 0.2) is 35.9 Å². The van der Waals surface area contributed by atoms with E-state index in [1.54, 1.807) is 32.4 Å². The number of ketones is 1. The van der Waals surface area contributed by atoms with Crippen LogP contribution in [0.3, 0.4) is 0 Å². The summed E-state index contributed by atoms with van der Waals surface area (Å²) in [4.78, 5) is 28.1. The molecule has 1 atom stereocenters. The molecule has 1 unspecified atom stereocenters. The zero-order chi connectivity index (χ0) is 26.6. The molecular formula is C28H35NO7. The highest BCUT2D eigenvalue weighted by atomic mass is 16.5. The van der Waals surface area contributed by atoms with Crippen LogP contribution in [0.25, 0.3) is 5.76 Å². The zero-order valence-corrected chi connectivity index (χ0v) is 22.0. The highest BCUT2D eigenvalue weighted by molar-refractivity contribution is 6.46. The number of aryl methyl sites for hydroxylation is 1. The number of para-hydroxylation sites is 1. The Morgan fingerprint density at radius 2 is 1.72 bits per heavy atom. The number of carbonyl (C=O) groups excluding carboxylic acids is 2. The van der Waals surface area contributed by atoms with Gasteiger partial charge in [-0.2, -0.15) is 0 Å². The predicted molar refractivity (Wildman–Crippen MR) is 137 cm³/mol. The fourth-order valence-electron chi connectivity index (χ4n) is 4.67. The van der Waals surface area contributed by atoms with Crippen LogP contribution in [0.2, 0.25) is 0 Å². The molecule has 1 amide bonds. The number of amides is 1. The number of methoxy groups -OCH3 is 4. The summed E-state index contributed by atoms with van der Waals surface area (Å²) in [7, 11) is 6.20. The van der Waals surface area contributed by atoms with Crippen molar-refractivity contribution in [3.05, 3.63) is 58.2 Å². The number of hydrogen-bond donors (Lipinski definition) is 1. The van der Waals surface area contributed by atoms with E-state index < -0.39 is 17.7 Å². The first-order chi connectivity index (χ1) is 17.2. The Kier molecular flexibility index (Phi) is 8.63. The van der Waals surface area contributed by atoms with Crippen molar-refractivity contribution < 1.29 is 33.6 Å². The number of rotatable bonds is 10. The lowest BCUT2D eigenvalue weighted by Gasteiger charge is -2.27. The van der Waals surface area contributed by atoms with E-state index in [0.29, 0.717) is 41.4 Å². The summed E-state index contributed by atoms with van der Waals surface area (Å²) in [6.07, 6.45) is 0.519. The highest BCUT2D eigenvalue weighted by Gasteiger charge is 2.47. The van der Waals surface area contributed by atoms with Gasteiger partial charge in [-0.1, -0.05) is 26.0 Å². The molecule has 0 aliphatic carbocycles. The molecule has 0 aromatic heterocycles. The van der Waals surface area contributed by atoms with E-state index in [1.807, 2.05) is 32.9 Å². The zero-order valence-electron chi connectivity index (χ0n) is 22.0. The predicted octanol–water partition coefficient (Wildman–Crippen LogP) is 4.60. The number of aliphatic hydroxyl groups excluding tert-OH is 1. The number of likely N-dealkylation sites (tertiary alicyclic amines) is 1. The molecule has 1 N–H and O–H groups in total. The number of aliphatic hydroxyl groups is 1. The summed E-state index contributed by atoms with van der Waals surface area (Å²) in [5.41, 5.74) is 2.63. The number of nitrogens with zero attached hydrogens (tertiary/aromatic N) is 1. The van der Waals surface area contributed by atoms with Crippen molar-refractivity contribution in [3.63, 3.8) is 0 Å². The SMILES string of the molecule is COCCCN1C(=O)C(=O)/C(=C(/O)c2cc(C(C)C)c(OC)cc2C)C1c1cccc(OC)c1OC. The number of ether oxygens (including phenoxy) is 4. The molecule has 0 radical (unpaired) electrons. The quantitative estimate of drug-likeness (QED) is 0.222. The fourth-order valence-corrected chi connectivity index (χ4v) is 4.67. The van der Waals surface area contributed by atoms with Gasteiger partial charge in [0.1, 0.15) is 11.5 Å². The standard InChI is InChI=1S/C28H35NO7/c1-16(2)19-15-20(17(3)14-22(19)35-6)25(30)23-24(18-10-8-11-21(34-5)27(18)36-7)29(12-9-13-33-4)28(32)26(23)31/h8,10-11,14-16,24,30H,9,12-13H2,1-7H3/b25-23+. The van der Waals surface area contributed by atoms with E-state index in [4.69, 9.17) is 18.9 Å². The molecule has 1 saturated heterocycles. The van der Waals surface area contributed by atoms with Crippen LogP contribution >= 0.6 is 0 Å². The second-order valence-corrected chi connectivity index (χ2v) is 8.99. The molecule has 1 heterocycles. The van der Waals surface area contributed by atoms with E-state index >= 15 is 0 Å². The largest absolute Gasteiger partial charge is 0.507 e. The van der Waals surface area contributed by atoms with Crippen molar-refractivity contribution in [2.45, 2.75) is 39.2 Å². The third-order valence-electron chi connectivity index (χ3n) is 6.47. The van der Waals surface area contributed by atoms with Gasteiger partial charge >= 0.3 is 0 Å². The summed E-state index contributed by atoms with van der Waals surface area (Å²) < 4.78 is 21.8. The van der Waals surface area contributed by atoms with E-state index in [1.165, 1.54) is 19.1 Å². The second kappa shape index (κ2) is 11.5. The topological polar surface area (TPSA) is 94.5 Å². The molecule has 2 aromatic rings. The third kappa shape index (κ3) is 4.91. The first-order valence-electron chi connectivity index (χ1n) is 11.9. The Balaban J connectivity index is 2.30. The van der Waals surface area contributed by atoms with Gasteiger partial charge < -0.3 is 29.0 Å². The molecule has 3 rings (SSSR count). The number of hydrogen-bond acceptors (Lipinski definition) is 7. The van der Waals surface area contributed by atoms with Gasteiger partial charge in [0.25, 0.3) is 11.7 Å². The van der Waals surface area contributed by atoms with Crippen molar-refractivity contribution in [1.29, 1.82) is 0 Å². The van der Waals surface area contributed by atoms with Crippen LogP contribution in [0, 0.1) is 6.92 Å². The number of carbonyl (C=O) groups is 2. The van der Waals surface area contributed by atoms with Gasteiger partial charge in [-0.3, -0.25) is 9.59 Å². The highest BCUT2D eigenvalue weighted by Crippen LogP contribution is 2.46. The first-order valence-corrected chi connectivity index (χ1v) is 11.9. The van der Waals surface area contributed by atoms with Crippen LogP contribution in [-0.4, -0.2) is 63.3 Å². The minimum atomic E-state index is -0.865. The van der Waals surface area contributed by atoms with Gasteiger partial charge in [-0.15, -0.1) is 0 Å². The Morgan fingerprint density at radius 1 is 1.03 bits per heavy atom. The number of benzene rings is 2. The molecule has 0 saturated carbocycles. The average Bonchev–Trinajstić information content (AvgIpc) is 3.12. The molecule has 2 aromatic carbocycles.